The van der Waals surface area contributed by atoms with Crippen LogP contribution in [0.1, 0.15) is 19.0 Å². The average molecular weight is 297 g/mol. The van der Waals surface area contributed by atoms with Gasteiger partial charge in [0.15, 0.2) is 5.82 Å². The second-order valence-corrected chi connectivity index (χ2v) is 4.55. The monoisotopic (exact) mass is 296 g/mol. The first-order chi connectivity index (χ1) is 8.13. The highest BCUT2D eigenvalue weighted by Crippen LogP contribution is 2.16. The van der Waals surface area contributed by atoms with Gasteiger partial charge < -0.3 is 4.98 Å². The van der Waals surface area contributed by atoms with E-state index in [1.54, 1.807) is 13.1 Å². The van der Waals surface area contributed by atoms with Crippen LogP contribution in [0.2, 0.25) is 0 Å². The topological polar surface area (TPSA) is 63.6 Å². The van der Waals surface area contributed by atoms with Crippen LogP contribution in [0.4, 0.5) is 0 Å². The van der Waals surface area contributed by atoms with E-state index in [-0.39, 0.29) is 5.56 Å². The molecule has 5 nitrogen and oxygen atoms in total. The van der Waals surface area contributed by atoms with Crippen LogP contribution in [0.5, 0.6) is 0 Å². The minimum Gasteiger partial charge on any atom is -0.304 e. The molecule has 17 heavy (non-hydrogen) atoms. The van der Waals surface area contributed by atoms with Crippen LogP contribution in [0.25, 0.3) is 11.5 Å². The molecule has 2 aromatic heterocycles. The summed E-state index contributed by atoms with van der Waals surface area (Å²) in [6.45, 7) is 4.68. The van der Waals surface area contributed by atoms with Crippen LogP contribution < -0.4 is 5.56 Å². The van der Waals surface area contributed by atoms with Gasteiger partial charge in [0.05, 0.1) is 5.69 Å². The second kappa shape index (κ2) is 4.83. The van der Waals surface area contributed by atoms with E-state index < -0.39 is 0 Å². The smallest absolute Gasteiger partial charge is 0.265 e. The second-order valence-electron chi connectivity index (χ2n) is 3.75. The number of hydrogen-bond donors (Lipinski definition) is 1. The third-order valence-electron chi connectivity index (χ3n) is 2.42. The third kappa shape index (κ3) is 2.31. The predicted molar refractivity (Wildman–Crippen MR) is 68.8 cm³/mol. The van der Waals surface area contributed by atoms with Crippen molar-refractivity contribution in [2.45, 2.75) is 26.8 Å². The summed E-state index contributed by atoms with van der Waals surface area (Å²) in [4.78, 5) is 18.8. The van der Waals surface area contributed by atoms with Gasteiger partial charge in [-0.25, -0.2) is 4.98 Å². The van der Waals surface area contributed by atoms with E-state index in [1.807, 2.05) is 10.7 Å². The molecule has 0 radical (unpaired) electrons. The van der Waals surface area contributed by atoms with Crippen molar-refractivity contribution in [3.63, 3.8) is 0 Å². The fourth-order valence-corrected chi connectivity index (χ4v) is 1.80. The number of halogens is 1. The molecule has 2 aromatic rings. The molecule has 0 aliphatic rings. The summed E-state index contributed by atoms with van der Waals surface area (Å²) in [5.41, 5.74) is 1.34. The van der Waals surface area contributed by atoms with Crippen molar-refractivity contribution in [2.24, 2.45) is 0 Å². The van der Waals surface area contributed by atoms with Crippen LogP contribution in [-0.4, -0.2) is 19.7 Å². The number of hydrogen-bond acceptors (Lipinski definition) is 3. The lowest BCUT2D eigenvalue weighted by atomic mass is 10.3. The number of nitrogens with one attached hydrogen (secondary N) is 1. The van der Waals surface area contributed by atoms with Gasteiger partial charge in [-0.3, -0.25) is 9.48 Å². The average Bonchev–Trinajstić information content (AvgIpc) is 2.74. The lowest BCUT2D eigenvalue weighted by Crippen LogP contribution is -2.13. The Hall–Kier alpha value is -1.43. The van der Waals surface area contributed by atoms with Gasteiger partial charge in [-0.1, -0.05) is 6.92 Å². The van der Waals surface area contributed by atoms with Gasteiger partial charge in [0, 0.05) is 12.7 Å². The minimum absolute atomic E-state index is 0.170. The highest BCUT2D eigenvalue weighted by atomic mass is 79.9. The Bertz CT molecular complexity index is 587. The first kappa shape index (κ1) is 12.0. The third-order valence-corrected chi connectivity index (χ3v) is 3.36. The van der Waals surface area contributed by atoms with Crippen molar-refractivity contribution >= 4 is 15.9 Å². The molecular weight excluding hydrogens is 284 g/mol. The predicted octanol–water partition coefficient (Wildman–Crippen LogP) is 2.11. The number of nitrogens with zero attached hydrogens (tertiary/aromatic N) is 3. The van der Waals surface area contributed by atoms with Gasteiger partial charge in [-0.2, -0.15) is 5.10 Å². The van der Waals surface area contributed by atoms with Gasteiger partial charge in [-0.05, 0) is 35.3 Å². The molecule has 0 amide bonds. The van der Waals surface area contributed by atoms with Crippen molar-refractivity contribution in [3.8, 4) is 11.5 Å². The number of aryl methyl sites for hydroxylation is 2. The molecule has 0 spiro atoms. The first-order valence-corrected chi connectivity index (χ1v) is 6.21. The van der Waals surface area contributed by atoms with Crippen LogP contribution in [0, 0.1) is 6.92 Å². The summed E-state index contributed by atoms with van der Waals surface area (Å²) in [7, 11) is 0. The van der Waals surface area contributed by atoms with Gasteiger partial charge >= 0.3 is 0 Å². The summed E-state index contributed by atoms with van der Waals surface area (Å²) in [5.74, 6) is 0.557. The van der Waals surface area contributed by atoms with Crippen molar-refractivity contribution in [1.29, 1.82) is 0 Å². The summed E-state index contributed by atoms with van der Waals surface area (Å²) in [5, 5.41) is 4.21. The van der Waals surface area contributed by atoms with Crippen molar-refractivity contribution in [1.82, 2.24) is 19.7 Å². The standard InChI is InChI=1S/C11H13BrN4O/c1-3-6-16-8(4-5-13-16)10-14-7(2)9(12)11(17)15-10/h4-5H,3,6H2,1-2H3,(H,14,15,17). The van der Waals surface area contributed by atoms with E-state index in [4.69, 9.17) is 0 Å². The quantitative estimate of drug-likeness (QED) is 0.943. The van der Waals surface area contributed by atoms with E-state index in [1.165, 1.54) is 0 Å². The minimum atomic E-state index is -0.170. The number of rotatable bonds is 3. The highest BCUT2D eigenvalue weighted by molar-refractivity contribution is 9.10. The molecule has 0 aliphatic heterocycles. The Labute approximate surface area is 107 Å². The highest BCUT2D eigenvalue weighted by Gasteiger charge is 2.10. The van der Waals surface area contributed by atoms with Gasteiger partial charge in [0.2, 0.25) is 0 Å². The molecule has 0 saturated carbocycles. The summed E-state index contributed by atoms with van der Waals surface area (Å²) >= 11 is 3.20. The van der Waals surface area contributed by atoms with Crippen LogP contribution in [0.3, 0.4) is 0 Å². The van der Waals surface area contributed by atoms with E-state index in [9.17, 15) is 4.79 Å². The molecule has 0 aromatic carbocycles. The maximum Gasteiger partial charge on any atom is 0.265 e. The summed E-state index contributed by atoms with van der Waals surface area (Å²) < 4.78 is 2.31. The number of H-pyrrole nitrogens is 1. The Morgan fingerprint density at radius 3 is 2.94 bits per heavy atom. The molecule has 2 heterocycles. The Kier molecular flexibility index (Phi) is 3.42. The molecular formula is C11H13BrN4O. The molecule has 1 N–H and O–H groups in total. The van der Waals surface area contributed by atoms with E-state index in [2.05, 4.69) is 37.9 Å². The maximum atomic E-state index is 11.7. The van der Waals surface area contributed by atoms with Crippen molar-refractivity contribution < 1.29 is 0 Å². The molecule has 0 bridgehead atoms. The molecule has 0 saturated heterocycles. The number of aromatic amines is 1. The van der Waals surface area contributed by atoms with Gasteiger partial charge in [0.1, 0.15) is 10.2 Å². The van der Waals surface area contributed by atoms with Crippen LogP contribution in [0.15, 0.2) is 21.5 Å². The molecule has 0 atom stereocenters. The molecule has 6 heteroatoms. The van der Waals surface area contributed by atoms with E-state index in [0.717, 1.165) is 18.7 Å². The SMILES string of the molecule is CCCn1nccc1-c1nc(C)c(Br)c(=O)[nH]1. The van der Waals surface area contributed by atoms with Crippen LogP contribution in [-0.2, 0) is 6.54 Å². The van der Waals surface area contributed by atoms with Crippen LogP contribution >= 0.6 is 15.9 Å². The van der Waals surface area contributed by atoms with Gasteiger partial charge in [0.25, 0.3) is 5.56 Å². The molecule has 2 rings (SSSR count). The zero-order chi connectivity index (χ0) is 12.4. The number of aromatic nitrogens is 4. The fourth-order valence-electron chi connectivity index (χ4n) is 1.62. The van der Waals surface area contributed by atoms with Crippen molar-refractivity contribution in [2.75, 3.05) is 0 Å². The first-order valence-electron chi connectivity index (χ1n) is 5.42. The normalized spacial score (nSPS) is 10.8. The fraction of sp³-hybridized carbons (Fsp3) is 0.364. The molecule has 90 valence electrons. The summed E-state index contributed by atoms with van der Waals surface area (Å²) in [6, 6.07) is 1.85. The van der Waals surface area contributed by atoms with Gasteiger partial charge in [-0.15, -0.1) is 0 Å². The van der Waals surface area contributed by atoms with E-state index in [0.29, 0.717) is 16.0 Å². The lowest BCUT2D eigenvalue weighted by Gasteiger charge is -2.06. The Morgan fingerprint density at radius 1 is 1.53 bits per heavy atom. The zero-order valence-electron chi connectivity index (χ0n) is 9.70. The molecule has 0 fully saturated rings. The Morgan fingerprint density at radius 2 is 2.29 bits per heavy atom. The molecule has 0 unspecified atom stereocenters. The largest absolute Gasteiger partial charge is 0.304 e. The zero-order valence-corrected chi connectivity index (χ0v) is 11.3. The molecule has 0 aliphatic carbocycles. The Balaban J connectivity index is 2.53. The van der Waals surface area contributed by atoms with Crippen molar-refractivity contribution in [3.05, 3.63) is 32.8 Å². The maximum absolute atomic E-state index is 11.7. The lowest BCUT2D eigenvalue weighted by molar-refractivity contribution is 0.606. The summed E-state index contributed by atoms with van der Waals surface area (Å²) in [6.07, 6.45) is 2.69. The van der Waals surface area contributed by atoms with E-state index >= 15 is 0 Å².